The Kier molecular flexibility index (Phi) is 7.08. The minimum atomic E-state index is 0.193. The third-order valence-corrected chi connectivity index (χ3v) is 3.68. The van der Waals surface area contributed by atoms with Crippen molar-refractivity contribution >= 4 is 0 Å². The standard InChI is InChI=1S/C18H31NO/c1-7-8-15(5)19-12-16(6)20-17-9-10-18(13(2)3)14(4)11-17/h9-11,13,15-16,19H,7-8,12H2,1-6H3. The molecular formula is C18H31NO. The van der Waals surface area contributed by atoms with Gasteiger partial charge in [0.15, 0.2) is 0 Å². The number of ether oxygens (including phenoxy) is 1. The van der Waals surface area contributed by atoms with Crippen molar-refractivity contribution < 1.29 is 4.74 Å². The maximum atomic E-state index is 6.00. The zero-order chi connectivity index (χ0) is 15.1. The highest BCUT2D eigenvalue weighted by Crippen LogP contribution is 2.24. The van der Waals surface area contributed by atoms with Crippen LogP contribution in [0.15, 0.2) is 18.2 Å². The maximum absolute atomic E-state index is 6.00. The second-order valence-electron chi connectivity index (χ2n) is 6.20. The van der Waals surface area contributed by atoms with E-state index >= 15 is 0 Å². The molecule has 0 fully saturated rings. The van der Waals surface area contributed by atoms with Gasteiger partial charge < -0.3 is 10.1 Å². The van der Waals surface area contributed by atoms with Gasteiger partial charge >= 0.3 is 0 Å². The Hall–Kier alpha value is -1.02. The minimum Gasteiger partial charge on any atom is -0.489 e. The summed E-state index contributed by atoms with van der Waals surface area (Å²) in [5.41, 5.74) is 2.72. The molecule has 2 nitrogen and oxygen atoms in total. The third-order valence-electron chi connectivity index (χ3n) is 3.68. The fourth-order valence-corrected chi connectivity index (χ4v) is 2.55. The number of hydrogen-bond acceptors (Lipinski definition) is 2. The molecule has 0 radical (unpaired) electrons. The van der Waals surface area contributed by atoms with Gasteiger partial charge in [-0.25, -0.2) is 0 Å². The Bertz CT molecular complexity index is 400. The van der Waals surface area contributed by atoms with Gasteiger partial charge in [0.05, 0.1) is 0 Å². The van der Waals surface area contributed by atoms with Gasteiger partial charge in [0.1, 0.15) is 11.9 Å². The molecule has 2 atom stereocenters. The van der Waals surface area contributed by atoms with Crippen LogP contribution in [0.5, 0.6) is 5.75 Å². The third kappa shape index (κ3) is 5.54. The van der Waals surface area contributed by atoms with E-state index in [1.54, 1.807) is 0 Å². The molecule has 2 unspecified atom stereocenters. The highest BCUT2D eigenvalue weighted by Gasteiger charge is 2.09. The molecule has 1 N–H and O–H groups in total. The lowest BCUT2D eigenvalue weighted by molar-refractivity contribution is 0.211. The molecule has 0 amide bonds. The molecule has 20 heavy (non-hydrogen) atoms. The van der Waals surface area contributed by atoms with Crippen molar-refractivity contribution in [2.45, 2.75) is 72.4 Å². The lowest BCUT2D eigenvalue weighted by Gasteiger charge is -2.20. The van der Waals surface area contributed by atoms with Crippen LogP contribution >= 0.6 is 0 Å². The Morgan fingerprint density at radius 1 is 1.15 bits per heavy atom. The fourth-order valence-electron chi connectivity index (χ4n) is 2.55. The van der Waals surface area contributed by atoms with Gasteiger partial charge in [0, 0.05) is 12.6 Å². The van der Waals surface area contributed by atoms with Crippen molar-refractivity contribution in [3.63, 3.8) is 0 Å². The number of hydrogen-bond donors (Lipinski definition) is 1. The van der Waals surface area contributed by atoms with Crippen molar-refractivity contribution in [3.05, 3.63) is 29.3 Å². The highest BCUT2D eigenvalue weighted by molar-refractivity contribution is 5.36. The van der Waals surface area contributed by atoms with Gasteiger partial charge in [0.2, 0.25) is 0 Å². The normalized spacial score (nSPS) is 14.3. The molecule has 1 rings (SSSR count). The van der Waals surface area contributed by atoms with Crippen molar-refractivity contribution in [2.75, 3.05) is 6.54 Å². The van der Waals surface area contributed by atoms with E-state index in [1.165, 1.54) is 24.0 Å². The summed E-state index contributed by atoms with van der Waals surface area (Å²) in [7, 11) is 0. The van der Waals surface area contributed by atoms with E-state index in [0.717, 1.165) is 12.3 Å². The highest BCUT2D eigenvalue weighted by atomic mass is 16.5. The van der Waals surface area contributed by atoms with E-state index in [0.29, 0.717) is 12.0 Å². The summed E-state index contributed by atoms with van der Waals surface area (Å²) < 4.78 is 6.00. The molecule has 0 heterocycles. The Balaban J connectivity index is 2.50. The molecule has 0 aliphatic heterocycles. The summed E-state index contributed by atoms with van der Waals surface area (Å²) in [5, 5.41) is 3.52. The fraction of sp³-hybridized carbons (Fsp3) is 0.667. The topological polar surface area (TPSA) is 21.3 Å². The number of benzene rings is 1. The van der Waals surface area contributed by atoms with Crippen LogP contribution in [0.1, 0.15) is 64.5 Å². The number of nitrogens with one attached hydrogen (secondary N) is 1. The molecule has 0 aromatic heterocycles. The molecule has 0 saturated carbocycles. The van der Waals surface area contributed by atoms with Crippen LogP contribution in [0.2, 0.25) is 0 Å². The molecule has 114 valence electrons. The van der Waals surface area contributed by atoms with Gasteiger partial charge in [-0.1, -0.05) is 33.3 Å². The smallest absolute Gasteiger partial charge is 0.120 e. The molecular weight excluding hydrogens is 246 g/mol. The zero-order valence-corrected chi connectivity index (χ0v) is 14.0. The van der Waals surface area contributed by atoms with Crippen LogP contribution in [0, 0.1) is 6.92 Å². The largest absolute Gasteiger partial charge is 0.489 e. The Morgan fingerprint density at radius 2 is 1.85 bits per heavy atom. The zero-order valence-electron chi connectivity index (χ0n) is 14.0. The first-order valence-corrected chi connectivity index (χ1v) is 7.94. The Morgan fingerprint density at radius 3 is 2.40 bits per heavy atom. The summed E-state index contributed by atoms with van der Waals surface area (Å²) in [4.78, 5) is 0. The van der Waals surface area contributed by atoms with Crippen LogP contribution in [0.4, 0.5) is 0 Å². The first-order chi connectivity index (χ1) is 9.43. The van der Waals surface area contributed by atoms with Gasteiger partial charge in [0.25, 0.3) is 0 Å². The maximum Gasteiger partial charge on any atom is 0.120 e. The van der Waals surface area contributed by atoms with Crippen molar-refractivity contribution in [3.8, 4) is 5.75 Å². The average molecular weight is 277 g/mol. The molecule has 2 heteroatoms. The van der Waals surface area contributed by atoms with Gasteiger partial charge in [-0.05, 0) is 56.4 Å². The molecule has 1 aromatic rings. The van der Waals surface area contributed by atoms with Crippen molar-refractivity contribution in [1.82, 2.24) is 5.32 Å². The lowest BCUT2D eigenvalue weighted by atomic mass is 9.98. The van der Waals surface area contributed by atoms with Crippen LogP contribution in [0.25, 0.3) is 0 Å². The van der Waals surface area contributed by atoms with Crippen LogP contribution in [0.3, 0.4) is 0 Å². The molecule has 0 aliphatic carbocycles. The van der Waals surface area contributed by atoms with Crippen LogP contribution < -0.4 is 10.1 Å². The van der Waals surface area contributed by atoms with Crippen molar-refractivity contribution in [1.29, 1.82) is 0 Å². The average Bonchev–Trinajstić information content (AvgIpc) is 2.36. The van der Waals surface area contributed by atoms with Gasteiger partial charge in [-0.3, -0.25) is 0 Å². The van der Waals surface area contributed by atoms with Crippen LogP contribution in [-0.4, -0.2) is 18.7 Å². The van der Waals surface area contributed by atoms with E-state index in [2.05, 4.69) is 65.1 Å². The summed E-state index contributed by atoms with van der Waals surface area (Å²) in [6.45, 7) is 14.1. The van der Waals surface area contributed by atoms with Crippen molar-refractivity contribution in [2.24, 2.45) is 0 Å². The molecule has 0 spiro atoms. The second kappa shape index (κ2) is 8.31. The van der Waals surface area contributed by atoms with E-state index in [-0.39, 0.29) is 6.10 Å². The van der Waals surface area contributed by atoms with E-state index in [1.807, 2.05) is 0 Å². The monoisotopic (exact) mass is 277 g/mol. The second-order valence-corrected chi connectivity index (χ2v) is 6.20. The molecule has 0 saturated heterocycles. The molecule has 0 aliphatic rings. The quantitative estimate of drug-likeness (QED) is 0.746. The minimum absolute atomic E-state index is 0.193. The summed E-state index contributed by atoms with van der Waals surface area (Å²) in [6, 6.07) is 7.00. The van der Waals surface area contributed by atoms with Gasteiger partial charge in [-0.15, -0.1) is 0 Å². The first kappa shape index (κ1) is 17.0. The number of aryl methyl sites for hydroxylation is 1. The van der Waals surface area contributed by atoms with E-state index in [4.69, 9.17) is 4.74 Å². The number of rotatable bonds is 8. The predicted octanol–water partition coefficient (Wildman–Crippen LogP) is 4.66. The van der Waals surface area contributed by atoms with E-state index in [9.17, 15) is 0 Å². The molecule has 0 bridgehead atoms. The summed E-state index contributed by atoms with van der Waals surface area (Å²) in [6.07, 6.45) is 2.63. The predicted molar refractivity (Wildman–Crippen MR) is 87.7 cm³/mol. The summed E-state index contributed by atoms with van der Waals surface area (Å²) >= 11 is 0. The van der Waals surface area contributed by atoms with Crippen LogP contribution in [-0.2, 0) is 0 Å². The Labute approximate surface area is 124 Å². The SMILES string of the molecule is CCCC(C)NCC(C)Oc1ccc(C(C)C)c(C)c1. The lowest BCUT2D eigenvalue weighted by Crippen LogP contribution is -2.34. The summed E-state index contributed by atoms with van der Waals surface area (Å²) in [5.74, 6) is 1.54. The van der Waals surface area contributed by atoms with E-state index < -0.39 is 0 Å². The van der Waals surface area contributed by atoms with Gasteiger partial charge in [-0.2, -0.15) is 0 Å². The first-order valence-electron chi connectivity index (χ1n) is 7.94. The molecule has 1 aromatic carbocycles.